The summed E-state index contributed by atoms with van der Waals surface area (Å²) in [6, 6.07) is 17.2. The molecule has 1 spiro atoms. The first-order chi connectivity index (χ1) is 19.2. The number of carbonyl (C=O) groups is 3. The third-order valence-corrected chi connectivity index (χ3v) is 10.9. The Morgan fingerprint density at radius 2 is 1.61 bits per heavy atom. The quantitative estimate of drug-likeness (QED) is 0.402. The van der Waals surface area contributed by atoms with Crippen LogP contribution in [-0.2, 0) is 14.4 Å². The molecule has 8 heteroatoms. The van der Waals surface area contributed by atoms with E-state index in [1.54, 1.807) is 16.7 Å². The topological polar surface area (TPSA) is 98.7 Å². The highest BCUT2D eigenvalue weighted by Gasteiger charge is 2.77. The van der Waals surface area contributed by atoms with Gasteiger partial charge in [0.25, 0.3) is 0 Å². The third kappa shape index (κ3) is 5.29. The Morgan fingerprint density at radius 1 is 1.00 bits per heavy atom. The van der Waals surface area contributed by atoms with Crippen molar-refractivity contribution in [2.45, 2.75) is 87.9 Å². The Morgan fingerprint density at radius 3 is 2.20 bits per heavy atom. The largest absolute Gasteiger partial charge is 0.394 e. The number of carbonyl (C=O) groups excluding carboxylic acids is 3. The molecular formula is C33H43N3O4S. The molecule has 2 aromatic carbocycles. The summed E-state index contributed by atoms with van der Waals surface area (Å²) < 4.78 is -1.25. The number of nitrogens with zero attached hydrogens (tertiary/aromatic N) is 1. The van der Waals surface area contributed by atoms with Crippen molar-refractivity contribution in [3.05, 3.63) is 66.2 Å². The van der Waals surface area contributed by atoms with Crippen LogP contribution in [0, 0.1) is 17.3 Å². The monoisotopic (exact) mass is 577 g/mol. The van der Waals surface area contributed by atoms with Gasteiger partial charge in [-0.3, -0.25) is 14.4 Å². The third-order valence-electron chi connectivity index (χ3n) is 8.91. The van der Waals surface area contributed by atoms with Crippen molar-refractivity contribution in [2.75, 3.05) is 11.9 Å². The summed E-state index contributed by atoms with van der Waals surface area (Å²) in [4.78, 5) is 44.6. The van der Waals surface area contributed by atoms with Crippen molar-refractivity contribution < 1.29 is 19.5 Å². The summed E-state index contributed by atoms with van der Waals surface area (Å²) in [7, 11) is 0. The van der Waals surface area contributed by atoms with E-state index in [1.807, 2.05) is 74.5 Å². The second-order valence-electron chi connectivity index (χ2n) is 14.0. The molecule has 2 unspecified atom stereocenters. The molecule has 0 aliphatic carbocycles. The summed E-state index contributed by atoms with van der Waals surface area (Å²) in [6.45, 7) is 12.2. The minimum absolute atomic E-state index is 0.0187. The average Bonchev–Trinajstić information content (AvgIpc) is 3.45. The number of para-hydroxylation sites is 1. The Balaban J connectivity index is 1.57. The van der Waals surface area contributed by atoms with E-state index in [4.69, 9.17) is 0 Å². The van der Waals surface area contributed by atoms with Crippen LogP contribution in [0.2, 0.25) is 0 Å². The van der Waals surface area contributed by atoms with Gasteiger partial charge in [0.15, 0.2) is 0 Å². The molecule has 220 valence electrons. The van der Waals surface area contributed by atoms with Gasteiger partial charge in [0, 0.05) is 16.0 Å². The van der Waals surface area contributed by atoms with E-state index in [9.17, 15) is 19.5 Å². The highest BCUT2D eigenvalue weighted by molar-refractivity contribution is 8.02. The summed E-state index contributed by atoms with van der Waals surface area (Å²) in [5.41, 5.74) is 0.911. The van der Waals surface area contributed by atoms with Crippen molar-refractivity contribution in [3.8, 4) is 0 Å². The van der Waals surface area contributed by atoms with Crippen molar-refractivity contribution in [1.29, 1.82) is 0 Å². The fourth-order valence-electron chi connectivity index (χ4n) is 7.94. The molecule has 0 saturated carbocycles. The predicted octanol–water partition coefficient (Wildman–Crippen LogP) is 5.17. The second kappa shape index (κ2) is 10.5. The fraction of sp³-hybridized carbons (Fsp3) is 0.545. The molecule has 2 bridgehead atoms. The van der Waals surface area contributed by atoms with Gasteiger partial charge in [-0.05, 0) is 63.1 Å². The molecule has 5 rings (SSSR count). The number of amides is 3. The Kier molecular flexibility index (Phi) is 7.56. The van der Waals surface area contributed by atoms with E-state index in [0.717, 1.165) is 18.4 Å². The molecule has 3 amide bonds. The van der Waals surface area contributed by atoms with Gasteiger partial charge < -0.3 is 20.6 Å². The smallest absolute Gasteiger partial charge is 0.244 e. The van der Waals surface area contributed by atoms with Crippen LogP contribution in [0.5, 0.6) is 0 Å². The molecule has 3 aliphatic heterocycles. The minimum Gasteiger partial charge on any atom is -0.394 e. The highest BCUT2D eigenvalue weighted by Crippen LogP contribution is 2.72. The van der Waals surface area contributed by atoms with Gasteiger partial charge in [0.05, 0.1) is 29.2 Å². The number of nitrogens with one attached hydrogen (secondary N) is 2. The van der Waals surface area contributed by atoms with Gasteiger partial charge >= 0.3 is 0 Å². The molecule has 3 saturated heterocycles. The van der Waals surface area contributed by atoms with Crippen LogP contribution in [0.25, 0.3) is 0 Å². The van der Waals surface area contributed by atoms with E-state index in [1.165, 1.54) is 0 Å². The van der Waals surface area contributed by atoms with E-state index in [2.05, 4.69) is 38.3 Å². The standard InChI is InChI=1S/C33H43N3O4S/c1-30(2,3)20-31(4,5)35-28(39)26-33-18-17-32(6,41-33)24(27(38)34-22-15-11-8-12-16-22)25(33)29(40)36(26)23(19-37)21-13-9-7-10-14-21/h7-16,23-26,37H,17-20H2,1-6H3,(H,34,38)(H,35,39)/t23-,24-,25+,26?,32+,33?/m1/s1. The molecule has 3 fully saturated rings. The number of benzene rings is 2. The SMILES string of the molecule is CC(C)(C)CC(C)(C)NC(=O)C1N([C@H](CO)c2ccccc2)C(=O)[C@@H]2[C@H](C(=O)Nc3ccccc3)[C@]3(C)CCC12S3. The van der Waals surface area contributed by atoms with Crippen molar-refractivity contribution in [2.24, 2.45) is 17.3 Å². The summed E-state index contributed by atoms with van der Waals surface area (Å²) in [6.07, 6.45) is 2.13. The first kappa shape index (κ1) is 29.6. The molecular weight excluding hydrogens is 534 g/mol. The minimum atomic E-state index is -0.821. The molecule has 41 heavy (non-hydrogen) atoms. The van der Waals surface area contributed by atoms with E-state index >= 15 is 0 Å². The Labute approximate surface area is 247 Å². The molecule has 3 heterocycles. The van der Waals surface area contributed by atoms with Crippen LogP contribution in [0.4, 0.5) is 5.69 Å². The lowest BCUT2D eigenvalue weighted by atomic mass is 9.66. The van der Waals surface area contributed by atoms with E-state index in [-0.39, 0.29) is 29.7 Å². The number of thioether (sulfide) groups is 1. The Hall–Kier alpha value is -2.84. The van der Waals surface area contributed by atoms with Crippen LogP contribution in [0.3, 0.4) is 0 Å². The number of fused-ring (bicyclic) bond motifs is 1. The number of hydrogen-bond acceptors (Lipinski definition) is 5. The van der Waals surface area contributed by atoms with Crippen LogP contribution in [0.15, 0.2) is 60.7 Å². The number of hydrogen-bond donors (Lipinski definition) is 3. The van der Waals surface area contributed by atoms with Crippen molar-refractivity contribution in [3.63, 3.8) is 0 Å². The molecule has 7 nitrogen and oxygen atoms in total. The summed E-state index contributed by atoms with van der Waals surface area (Å²) in [5, 5.41) is 17.0. The number of rotatable bonds is 8. The second-order valence-corrected chi connectivity index (χ2v) is 15.9. The zero-order valence-electron chi connectivity index (χ0n) is 24.9. The lowest BCUT2D eigenvalue weighted by Gasteiger charge is -2.40. The molecule has 6 atom stereocenters. The number of likely N-dealkylation sites (tertiary alicyclic amines) is 1. The molecule has 0 radical (unpaired) electrons. The molecule has 0 aromatic heterocycles. The number of anilines is 1. The zero-order valence-corrected chi connectivity index (χ0v) is 25.8. The number of aliphatic hydroxyl groups is 1. The van der Waals surface area contributed by atoms with Gasteiger partial charge in [-0.2, -0.15) is 0 Å². The van der Waals surface area contributed by atoms with Crippen LogP contribution < -0.4 is 10.6 Å². The Bertz CT molecular complexity index is 1310. The lowest BCUT2D eigenvalue weighted by Crippen LogP contribution is -2.58. The van der Waals surface area contributed by atoms with Gasteiger partial charge in [0.1, 0.15) is 6.04 Å². The molecule has 3 aliphatic rings. The lowest BCUT2D eigenvalue weighted by molar-refractivity contribution is -0.143. The molecule has 3 N–H and O–H groups in total. The van der Waals surface area contributed by atoms with Crippen molar-refractivity contribution in [1.82, 2.24) is 10.2 Å². The predicted molar refractivity (Wildman–Crippen MR) is 163 cm³/mol. The maximum absolute atomic E-state index is 14.6. The van der Waals surface area contributed by atoms with Crippen LogP contribution in [0.1, 0.15) is 72.4 Å². The van der Waals surface area contributed by atoms with Gasteiger partial charge in [-0.15, -0.1) is 11.8 Å². The normalized spacial score (nSPS) is 29.8. The summed E-state index contributed by atoms with van der Waals surface area (Å²) in [5.74, 6) is -1.92. The van der Waals surface area contributed by atoms with Crippen molar-refractivity contribution >= 4 is 35.2 Å². The fourth-order valence-corrected chi connectivity index (χ4v) is 10.3. The first-order valence-corrected chi connectivity index (χ1v) is 15.4. The van der Waals surface area contributed by atoms with Gasteiger partial charge in [-0.1, -0.05) is 69.3 Å². The van der Waals surface area contributed by atoms with Gasteiger partial charge in [-0.25, -0.2) is 0 Å². The summed E-state index contributed by atoms with van der Waals surface area (Å²) >= 11 is 1.64. The average molecular weight is 578 g/mol. The molecule has 2 aromatic rings. The van der Waals surface area contributed by atoms with E-state index in [0.29, 0.717) is 12.1 Å². The first-order valence-electron chi connectivity index (χ1n) is 14.6. The van der Waals surface area contributed by atoms with Crippen LogP contribution >= 0.6 is 11.8 Å². The number of aliphatic hydroxyl groups excluding tert-OH is 1. The maximum Gasteiger partial charge on any atom is 0.244 e. The van der Waals surface area contributed by atoms with Crippen LogP contribution in [-0.4, -0.2) is 55.4 Å². The van der Waals surface area contributed by atoms with Gasteiger partial charge in [0.2, 0.25) is 17.7 Å². The van der Waals surface area contributed by atoms with E-state index < -0.39 is 39.0 Å². The highest BCUT2D eigenvalue weighted by atomic mass is 32.2. The zero-order chi connectivity index (χ0) is 29.8. The maximum atomic E-state index is 14.6.